The Morgan fingerprint density at radius 2 is 2.42 bits per heavy atom. The van der Waals surface area contributed by atoms with Gasteiger partial charge in [0.25, 0.3) is 0 Å². The summed E-state index contributed by atoms with van der Waals surface area (Å²) in [5.74, 6) is 0. The number of ether oxygens (including phenoxy) is 3. The zero-order valence-electron chi connectivity index (χ0n) is 7.12. The van der Waals surface area contributed by atoms with Gasteiger partial charge in [0.1, 0.15) is 17.8 Å². The van der Waals surface area contributed by atoms with Gasteiger partial charge in [0.15, 0.2) is 6.29 Å². The summed E-state index contributed by atoms with van der Waals surface area (Å²) in [4.78, 5) is -0.876. The lowest BCUT2D eigenvalue weighted by atomic mass is 10.1. The summed E-state index contributed by atoms with van der Waals surface area (Å²) >= 11 is 5.96. The number of methoxy groups -OCH3 is 1. The van der Waals surface area contributed by atoms with Crippen molar-refractivity contribution in [2.24, 2.45) is 0 Å². The number of halogens is 1. The average Bonchev–Trinajstić information content (AvgIpc) is 2.25. The van der Waals surface area contributed by atoms with Crippen LogP contribution in [0.5, 0.6) is 0 Å². The van der Waals surface area contributed by atoms with Crippen molar-refractivity contribution in [2.45, 2.75) is 24.2 Å². The first-order chi connectivity index (χ1) is 5.59. The van der Waals surface area contributed by atoms with Crippen LogP contribution in [0.3, 0.4) is 0 Å². The Morgan fingerprint density at radius 1 is 1.75 bits per heavy atom. The summed E-state index contributed by atoms with van der Waals surface area (Å²) in [6.07, 6.45) is -1.30. The van der Waals surface area contributed by atoms with E-state index in [4.69, 9.17) is 25.8 Å². The van der Waals surface area contributed by atoms with Crippen LogP contribution in [0.15, 0.2) is 0 Å². The van der Waals surface area contributed by atoms with Crippen molar-refractivity contribution >= 4 is 11.6 Å². The Hall–Kier alpha value is 0.130. The fraction of sp³-hybridized carbons (Fsp3) is 1.00. The van der Waals surface area contributed by atoms with Crippen LogP contribution in [0, 0.1) is 0 Å². The van der Waals surface area contributed by atoms with Crippen molar-refractivity contribution < 1.29 is 19.3 Å². The van der Waals surface area contributed by atoms with E-state index in [2.05, 4.69) is 0 Å². The van der Waals surface area contributed by atoms with Crippen LogP contribution in [-0.4, -0.2) is 42.9 Å². The summed E-state index contributed by atoms with van der Waals surface area (Å²) in [6, 6.07) is 0. The van der Waals surface area contributed by atoms with Gasteiger partial charge in [0.2, 0.25) is 0 Å². The maximum atomic E-state index is 9.25. The fourth-order valence-electron chi connectivity index (χ4n) is 1.02. The maximum Gasteiger partial charge on any atom is 0.176 e. The van der Waals surface area contributed by atoms with E-state index < -0.39 is 11.2 Å². The Morgan fingerprint density at radius 3 is 2.83 bits per heavy atom. The maximum absolute atomic E-state index is 9.25. The van der Waals surface area contributed by atoms with Crippen LogP contribution in [0.25, 0.3) is 0 Å². The molecule has 1 saturated heterocycles. The lowest BCUT2D eigenvalue weighted by molar-refractivity contribution is -0.0781. The molecule has 3 atom stereocenters. The SMILES string of the molecule is COCOC1COC(O)C1(C)Cl. The van der Waals surface area contributed by atoms with E-state index in [-0.39, 0.29) is 12.9 Å². The van der Waals surface area contributed by atoms with Gasteiger partial charge in [-0.1, -0.05) is 0 Å². The summed E-state index contributed by atoms with van der Waals surface area (Å²) in [7, 11) is 1.53. The van der Waals surface area contributed by atoms with E-state index in [1.165, 1.54) is 7.11 Å². The molecule has 1 aliphatic heterocycles. The molecule has 1 fully saturated rings. The molecule has 1 N–H and O–H groups in total. The predicted octanol–water partition coefficient (Wildman–Crippen LogP) is 0.322. The molecule has 0 aliphatic carbocycles. The number of hydrogen-bond acceptors (Lipinski definition) is 4. The van der Waals surface area contributed by atoms with E-state index in [0.717, 1.165) is 0 Å². The van der Waals surface area contributed by atoms with E-state index in [1.807, 2.05) is 0 Å². The van der Waals surface area contributed by atoms with Gasteiger partial charge >= 0.3 is 0 Å². The van der Waals surface area contributed by atoms with Crippen molar-refractivity contribution in [3.63, 3.8) is 0 Å². The highest BCUT2D eigenvalue weighted by Crippen LogP contribution is 2.32. The lowest BCUT2D eigenvalue weighted by Gasteiger charge is -2.24. The van der Waals surface area contributed by atoms with E-state index in [0.29, 0.717) is 6.61 Å². The molecule has 1 aliphatic rings. The monoisotopic (exact) mass is 196 g/mol. The van der Waals surface area contributed by atoms with Gasteiger partial charge in [-0.25, -0.2) is 0 Å². The highest BCUT2D eigenvalue weighted by Gasteiger charge is 2.47. The molecule has 0 aromatic heterocycles. The molecule has 0 spiro atoms. The molecular formula is C7H13ClO4. The van der Waals surface area contributed by atoms with Crippen LogP contribution < -0.4 is 0 Å². The highest BCUT2D eigenvalue weighted by atomic mass is 35.5. The van der Waals surface area contributed by atoms with E-state index in [1.54, 1.807) is 6.92 Å². The van der Waals surface area contributed by atoms with Crippen LogP contribution in [-0.2, 0) is 14.2 Å². The van der Waals surface area contributed by atoms with Gasteiger partial charge in [-0.2, -0.15) is 0 Å². The second-order valence-electron chi connectivity index (χ2n) is 2.90. The Balaban J connectivity index is 2.44. The second-order valence-corrected chi connectivity index (χ2v) is 3.71. The molecule has 0 radical (unpaired) electrons. The Bertz CT molecular complexity index is 150. The van der Waals surface area contributed by atoms with E-state index >= 15 is 0 Å². The molecule has 0 saturated carbocycles. The van der Waals surface area contributed by atoms with Gasteiger partial charge < -0.3 is 19.3 Å². The third-order valence-corrected chi connectivity index (χ3v) is 2.34. The standard InChI is InChI=1S/C7H13ClO4/c1-7(8)5(12-4-10-2)3-11-6(7)9/h5-6,9H,3-4H2,1-2H3. The highest BCUT2D eigenvalue weighted by molar-refractivity contribution is 6.24. The molecule has 4 nitrogen and oxygen atoms in total. The molecule has 1 heterocycles. The lowest BCUT2D eigenvalue weighted by Crippen LogP contribution is -2.40. The first-order valence-corrected chi connectivity index (χ1v) is 4.06. The summed E-state index contributed by atoms with van der Waals surface area (Å²) in [5, 5.41) is 9.25. The molecule has 1 rings (SSSR count). The zero-order chi connectivity index (χ0) is 9.19. The average molecular weight is 197 g/mol. The summed E-state index contributed by atoms with van der Waals surface area (Å²) < 4.78 is 14.8. The first kappa shape index (κ1) is 10.2. The molecule has 0 aromatic carbocycles. The molecule has 72 valence electrons. The molecule has 0 aromatic rings. The molecule has 0 amide bonds. The minimum atomic E-state index is -0.971. The van der Waals surface area contributed by atoms with Crippen LogP contribution in [0.4, 0.5) is 0 Å². The van der Waals surface area contributed by atoms with Gasteiger partial charge in [0.05, 0.1) is 6.61 Å². The number of aliphatic hydroxyl groups is 1. The molecule has 12 heavy (non-hydrogen) atoms. The Labute approximate surface area is 76.4 Å². The van der Waals surface area contributed by atoms with Gasteiger partial charge in [-0.3, -0.25) is 0 Å². The third kappa shape index (κ3) is 1.89. The van der Waals surface area contributed by atoms with Crippen molar-refractivity contribution in [1.29, 1.82) is 0 Å². The molecule has 3 unspecified atom stereocenters. The van der Waals surface area contributed by atoms with Crippen molar-refractivity contribution in [2.75, 3.05) is 20.5 Å². The molecule has 5 heteroatoms. The molecular weight excluding hydrogens is 184 g/mol. The predicted molar refractivity (Wildman–Crippen MR) is 43.0 cm³/mol. The van der Waals surface area contributed by atoms with Gasteiger partial charge in [-0.05, 0) is 6.92 Å². The fourth-order valence-corrected chi connectivity index (χ4v) is 1.21. The second kappa shape index (κ2) is 3.89. The quantitative estimate of drug-likeness (QED) is 0.522. The minimum Gasteiger partial charge on any atom is -0.366 e. The van der Waals surface area contributed by atoms with Crippen LogP contribution in [0.1, 0.15) is 6.92 Å². The van der Waals surface area contributed by atoms with Crippen LogP contribution in [0.2, 0.25) is 0 Å². The van der Waals surface area contributed by atoms with Crippen molar-refractivity contribution in [3.05, 3.63) is 0 Å². The van der Waals surface area contributed by atoms with E-state index in [9.17, 15) is 5.11 Å². The van der Waals surface area contributed by atoms with Crippen molar-refractivity contribution in [1.82, 2.24) is 0 Å². The topological polar surface area (TPSA) is 47.9 Å². The summed E-state index contributed by atoms with van der Waals surface area (Å²) in [6.45, 7) is 2.13. The summed E-state index contributed by atoms with van der Waals surface area (Å²) in [5.41, 5.74) is 0. The Kier molecular flexibility index (Phi) is 3.31. The first-order valence-electron chi connectivity index (χ1n) is 3.68. The normalized spacial score (nSPS) is 42.0. The zero-order valence-corrected chi connectivity index (χ0v) is 7.87. The van der Waals surface area contributed by atoms with Gasteiger partial charge in [0, 0.05) is 7.11 Å². The number of hydrogen-bond donors (Lipinski definition) is 1. The molecule has 0 bridgehead atoms. The smallest absolute Gasteiger partial charge is 0.176 e. The number of aliphatic hydroxyl groups excluding tert-OH is 1. The number of alkyl halides is 1. The van der Waals surface area contributed by atoms with Crippen LogP contribution >= 0.6 is 11.6 Å². The largest absolute Gasteiger partial charge is 0.366 e. The number of rotatable bonds is 3. The third-order valence-electron chi connectivity index (χ3n) is 1.90. The minimum absolute atomic E-state index is 0.156. The van der Waals surface area contributed by atoms with Gasteiger partial charge in [-0.15, -0.1) is 11.6 Å². The van der Waals surface area contributed by atoms with Crippen molar-refractivity contribution in [3.8, 4) is 0 Å².